The average molecular weight is 372 g/mol. The molecule has 0 saturated heterocycles. The Morgan fingerprint density at radius 1 is 1.25 bits per heavy atom. The molecule has 140 valence electrons. The van der Waals surface area contributed by atoms with Crippen LogP contribution in [-0.2, 0) is 4.79 Å². The van der Waals surface area contributed by atoms with Crippen molar-refractivity contribution in [3.05, 3.63) is 60.7 Å². The van der Waals surface area contributed by atoms with E-state index in [2.05, 4.69) is 22.2 Å². The molecule has 1 aromatic heterocycles. The number of pyridine rings is 1. The smallest absolute Gasteiger partial charge is 0.222 e. The fourth-order valence-corrected chi connectivity index (χ4v) is 2.89. The van der Waals surface area contributed by atoms with Crippen LogP contribution in [0.25, 0.3) is 22.0 Å². The summed E-state index contributed by atoms with van der Waals surface area (Å²) in [6.07, 6.45) is 0. The zero-order chi connectivity index (χ0) is 20.1. The number of benzene rings is 2. The van der Waals surface area contributed by atoms with E-state index in [0.717, 1.165) is 27.7 Å². The van der Waals surface area contributed by atoms with Crippen LogP contribution in [0.4, 0.5) is 11.5 Å². The fourth-order valence-electron chi connectivity index (χ4n) is 2.89. The van der Waals surface area contributed by atoms with E-state index in [0.29, 0.717) is 23.7 Å². The van der Waals surface area contributed by atoms with E-state index < -0.39 is 0 Å². The topological polar surface area (TPSA) is 87.0 Å². The lowest BCUT2D eigenvalue weighted by atomic mass is 10.0. The maximum absolute atomic E-state index is 11.3. The lowest BCUT2D eigenvalue weighted by molar-refractivity contribution is -0.114. The first-order valence-electron chi connectivity index (χ1n) is 8.69. The number of nitrogens with zero attached hydrogens (tertiary/aromatic N) is 2. The van der Waals surface area contributed by atoms with Gasteiger partial charge >= 0.3 is 0 Å². The molecule has 0 spiro atoms. The lowest BCUT2D eigenvalue weighted by Crippen LogP contribution is -2.07. The van der Waals surface area contributed by atoms with Crippen molar-refractivity contribution in [1.29, 1.82) is 5.26 Å². The van der Waals surface area contributed by atoms with E-state index in [-0.39, 0.29) is 5.91 Å². The van der Waals surface area contributed by atoms with Crippen molar-refractivity contribution in [1.82, 2.24) is 4.98 Å². The maximum Gasteiger partial charge on any atom is 0.222 e. The SMILES string of the molecule is C=C(C#N)CNc1c(OC)ccc2ccc(-c3cccc(NC(C)=O)n3)cc12. The predicted molar refractivity (Wildman–Crippen MR) is 111 cm³/mol. The van der Waals surface area contributed by atoms with Crippen LogP contribution in [0.1, 0.15) is 6.92 Å². The summed E-state index contributed by atoms with van der Waals surface area (Å²) in [5.41, 5.74) is 2.86. The normalized spacial score (nSPS) is 10.2. The molecule has 0 aliphatic rings. The molecule has 6 nitrogen and oxygen atoms in total. The second kappa shape index (κ2) is 8.23. The van der Waals surface area contributed by atoms with Crippen LogP contribution in [0.5, 0.6) is 5.75 Å². The van der Waals surface area contributed by atoms with E-state index in [9.17, 15) is 4.79 Å². The highest BCUT2D eigenvalue weighted by atomic mass is 16.5. The minimum atomic E-state index is -0.169. The fraction of sp³-hybridized carbons (Fsp3) is 0.136. The molecule has 1 amide bonds. The second-order valence-electron chi connectivity index (χ2n) is 6.24. The van der Waals surface area contributed by atoms with Gasteiger partial charge in [0.1, 0.15) is 11.6 Å². The van der Waals surface area contributed by atoms with Gasteiger partial charge in [-0.2, -0.15) is 5.26 Å². The van der Waals surface area contributed by atoms with Crippen molar-refractivity contribution in [2.45, 2.75) is 6.92 Å². The molecule has 3 aromatic rings. The van der Waals surface area contributed by atoms with Crippen LogP contribution in [0.2, 0.25) is 0 Å². The van der Waals surface area contributed by atoms with E-state index in [1.165, 1.54) is 6.92 Å². The third-order valence-electron chi connectivity index (χ3n) is 4.19. The second-order valence-corrected chi connectivity index (χ2v) is 6.24. The first-order valence-corrected chi connectivity index (χ1v) is 8.69. The van der Waals surface area contributed by atoms with Crippen molar-refractivity contribution in [3.63, 3.8) is 0 Å². The molecule has 0 bridgehead atoms. The van der Waals surface area contributed by atoms with Gasteiger partial charge in [-0.1, -0.05) is 30.8 Å². The number of anilines is 2. The minimum absolute atomic E-state index is 0.169. The standard InChI is InChI=1S/C22H20N4O2/c1-14(12-23)13-24-22-18-11-17(8-7-16(18)9-10-20(22)28-3)19-5-4-6-21(26-19)25-15(2)27/h4-11,24H,1,13H2,2-3H3,(H,25,26,27). The summed E-state index contributed by atoms with van der Waals surface area (Å²) in [7, 11) is 1.60. The Kier molecular flexibility index (Phi) is 5.56. The lowest BCUT2D eigenvalue weighted by Gasteiger charge is -2.15. The van der Waals surface area contributed by atoms with Crippen LogP contribution in [-0.4, -0.2) is 24.5 Å². The first-order chi connectivity index (χ1) is 13.5. The third kappa shape index (κ3) is 4.10. The molecule has 0 unspecified atom stereocenters. The van der Waals surface area contributed by atoms with Gasteiger partial charge in [0.2, 0.25) is 5.91 Å². The summed E-state index contributed by atoms with van der Waals surface area (Å²) in [6, 6.07) is 17.4. The summed E-state index contributed by atoms with van der Waals surface area (Å²) in [6.45, 7) is 5.49. The molecule has 6 heteroatoms. The number of amides is 1. The van der Waals surface area contributed by atoms with Gasteiger partial charge in [0.15, 0.2) is 0 Å². The van der Waals surface area contributed by atoms with Crippen molar-refractivity contribution in [3.8, 4) is 23.1 Å². The molecule has 28 heavy (non-hydrogen) atoms. The average Bonchev–Trinajstić information content (AvgIpc) is 2.70. The van der Waals surface area contributed by atoms with Crippen LogP contribution in [0.15, 0.2) is 60.7 Å². The zero-order valence-corrected chi connectivity index (χ0v) is 15.7. The number of rotatable bonds is 6. The van der Waals surface area contributed by atoms with Crippen molar-refractivity contribution in [2.75, 3.05) is 24.3 Å². The molecule has 3 rings (SSSR count). The summed E-state index contributed by atoms with van der Waals surface area (Å²) in [5.74, 6) is 1.01. The number of nitriles is 1. The highest BCUT2D eigenvalue weighted by Crippen LogP contribution is 2.35. The highest BCUT2D eigenvalue weighted by molar-refractivity contribution is 5.99. The number of carbonyl (C=O) groups is 1. The Labute approximate surface area is 163 Å². The predicted octanol–water partition coefficient (Wildman–Crippen LogP) is 4.36. The van der Waals surface area contributed by atoms with Gasteiger partial charge in [0.25, 0.3) is 0 Å². The quantitative estimate of drug-likeness (QED) is 0.628. The number of nitrogens with one attached hydrogen (secondary N) is 2. The number of aromatic nitrogens is 1. The monoisotopic (exact) mass is 372 g/mol. The van der Waals surface area contributed by atoms with E-state index in [4.69, 9.17) is 10.00 Å². The summed E-state index contributed by atoms with van der Waals surface area (Å²) < 4.78 is 5.49. The van der Waals surface area contributed by atoms with Gasteiger partial charge in [-0.25, -0.2) is 4.98 Å². The molecular formula is C22H20N4O2. The molecule has 0 fully saturated rings. The maximum atomic E-state index is 11.3. The van der Waals surface area contributed by atoms with Crippen molar-refractivity contribution >= 4 is 28.2 Å². The van der Waals surface area contributed by atoms with Gasteiger partial charge in [-0.05, 0) is 29.7 Å². The van der Waals surface area contributed by atoms with Gasteiger partial charge in [0, 0.05) is 30.0 Å². The largest absolute Gasteiger partial charge is 0.495 e. The van der Waals surface area contributed by atoms with Gasteiger partial charge < -0.3 is 15.4 Å². The Morgan fingerprint density at radius 2 is 2.04 bits per heavy atom. The number of methoxy groups -OCH3 is 1. The Balaban J connectivity index is 2.08. The van der Waals surface area contributed by atoms with Crippen LogP contribution in [0, 0.1) is 11.3 Å². The van der Waals surface area contributed by atoms with Crippen LogP contribution in [0.3, 0.4) is 0 Å². The molecule has 2 aromatic carbocycles. The Hall–Kier alpha value is -3.85. The minimum Gasteiger partial charge on any atom is -0.495 e. The number of carbonyl (C=O) groups excluding carboxylic acids is 1. The van der Waals surface area contributed by atoms with Crippen molar-refractivity contribution < 1.29 is 9.53 Å². The number of hydrogen-bond donors (Lipinski definition) is 2. The summed E-state index contributed by atoms with van der Waals surface area (Å²) in [5, 5.41) is 16.9. The molecule has 1 heterocycles. The summed E-state index contributed by atoms with van der Waals surface area (Å²) in [4.78, 5) is 15.8. The Morgan fingerprint density at radius 3 is 2.75 bits per heavy atom. The number of fused-ring (bicyclic) bond motifs is 1. The summed E-state index contributed by atoms with van der Waals surface area (Å²) >= 11 is 0. The number of ether oxygens (including phenoxy) is 1. The Bertz CT molecular complexity index is 1100. The molecule has 0 radical (unpaired) electrons. The molecule has 0 atom stereocenters. The van der Waals surface area contributed by atoms with Gasteiger partial charge in [-0.15, -0.1) is 0 Å². The van der Waals surface area contributed by atoms with E-state index >= 15 is 0 Å². The van der Waals surface area contributed by atoms with Crippen LogP contribution >= 0.6 is 0 Å². The highest BCUT2D eigenvalue weighted by Gasteiger charge is 2.11. The van der Waals surface area contributed by atoms with Gasteiger partial charge in [0.05, 0.1) is 24.6 Å². The van der Waals surface area contributed by atoms with E-state index in [1.807, 2.05) is 48.5 Å². The number of hydrogen-bond acceptors (Lipinski definition) is 5. The van der Waals surface area contributed by atoms with Gasteiger partial charge in [-0.3, -0.25) is 4.79 Å². The zero-order valence-electron chi connectivity index (χ0n) is 15.7. The van der Waals surface area contributed by atoms with E-state index in [1.54, 1.807) is 13.2 Å². The molecule has 0 saturated carbocycles. The molecule has 0 aliphatic carbocycles. The first kappa shape index (κ1) is 18.9. The molecule has 0 aliphatic heterocycles. The molecular weight excluding hydrogens is 352 g/mol. The third-order valence-corrected chi connectivity index (χ3v) is 4.19. The molecule has 2 N–H and O–H groups in total. The van der Waals surface area contributed by atoms with Crippen molar-refractivity contribution in [2.24, 2.45) is 0 Å². The van der Waals surface area contributed by atoms with Crippen LogP contribution < -0.4 is 15.4 Å².